The largest absolute Gasteiger partial charge is 0.493 e. The summed E-state index contributed by atoms with van der Waals surface area (Å²) in [7, 11) is 8.72. The van der Waals surface area contributed by atoms with Crippen molar-refractivity contribution in [3.8, 4) is 17.2 Å². The maximum Gasteiger partial charge on any atom is 0.203 e. The maximum absolute atomic E-state index is 5.57. The number of halogens is 1. The van der Waals surface area contributed by atoms with E-state index in [2.05, 4.69) is 46.4 Å². The first-order chi connectivity index (χ1) is 14.1. The van der Waals surface area contributed by atoms with Gasteiger partial charge in [-0.3, -0.25) is 4.99 Å². The van der Waals surface area contributed by atoms with Gasteiger partial charge in [0.15, 0.2) is 17.5 Å². The smallest absolute Gasteiger partial charge is 0.203 e. The lowest BCUT2D eigenvalue weighted by molar-refractivity contribution is 0.322. The minimum Gasteiger partial charge on any atom is -0.493 e. The van der Waals surface area contributed by atoms with Gasteiger partial charge >= 0.3 is 0 Å². The van der Waals surface area contributed by atoms with Gasteiger partial charge in [-0.1, -0.05) is 37.3 Å². The van der Waals surface area contributed by atoms with E-state index in [-0.39, 0.29) is 24.0 Å². The second kappa shape index (κ2) is 13.2. The molecule has 0 saturated heterocycles. The van der Waals surface area contributed by atoms with Gasteiger partial charge in [0.2, 0.25) is 5.75 Å². The molecule has 30 heavy (non-hydrogen) atoms. The predicted molar refractivity (Wildman–Crippen MR) is 134 cm³/mol. The number of aryl methyl sites for hydroxylation is 1. The van der Waals surface area contributed by atoms with E-state index in [1.54, 1.807) is 28.4 Å². The molecule has 0 radical (unpaired) electrons. The number of rotatable bonds is 9. The molecule has 2 aromatic rings. The Morgan fingerprint density at radius 2 is 1.57 bits per heavy atom. The van der Waals surface area contributed by atoms with E-state index in [4.69, 9.17) is 14.2 Å². The summed E-state index contributed by atoms with van der Waals surface area (Å²) in [4.78, 5) is 6.53. The summed E-state index contributed by atoms with van der Waals surface area (Å²) in [6.45, 7) is 3.68. The topological polar surface area (TPSA) is 55.3 Å². The van der Waals surface area contributed by atoms with Crippen LogP contribution in [0.15, 0.2) is 41.4 Å². The molecule has 0 atom stereocenters. The van der Waals surface area contributed by atoms with Crippen LogP contribution in [0, 0.1) is 0 Å². The Bertz CT molecular complexity index is 810. The molecule has 6 nitrogen and oxygen atoms in total. The summed E-state index contributed by atoms with van der Waals surface area (Å²) < 4.78 is 16.4. The van der Waals surface area contributed by atoms with Crippen molar-refractivity contribution in [1.82, 2.24) is 10.2 Å². The standard InChI is InChI=1S/C23H33N3O3.HI/c1-7-17-8-10-18(11-9-17)16-26(3)23(24-2)25-15-14-19-12-13-20(27-4)22(29-6)21(19)28-5;/h8-13H,7,14-16H2,1-6H3,(H,24,25);1H. The van der Waals surface area contributed by atoms with E-state index in [0.29, 0.717) is 17.2 Å². The number of nitrogens with zero attached hydrogens (tertiary/aromatic N) is 2. The number of aliphatic imine (C=N–C) groups is 1. The van der Waals surface area contributed by atoms with Gasteiger partial charge in [-0.25, -0.2) is 0 Å². The molecule has 0 aliphatic carbocycles. The number of guanidine groups is 1. The highest BCUT2D eigenvalue weighted by atomic mass is 127. The molecule has 0 fully saturated rings. The van der Waals surface area contributed by atoms with Gasteiger partial charge < -0.3 is 24.4 Å². The summed E-state index contributed by atoms with van der Waals surface area (Å²) in [6.07, 6.45) is 1.82. The third-order valence-corrected chi connectivity index (χ3v) is 4.89. The van der Waals surface area contributed by atoms with Crippen LogP contribution >= 0.6 is 24.0 Å². The number of ether oxygens (including phenoxy) is 3. The Labute approximate surface area is 197 Å². The Kier molecular flexibility index (Phi) is 11.4. The Morgan fingerprint density at radius 3 is 2.10 bits per heavy atom. The third kappa shape index (κ3) is 6.68. The van der Waals surface area contributed by atoms with Crippen molar-refractivity contribution in [3.05, 3.63) is 53.1 Å². The van der Waals surface area contributed by atoms with E-state index in [0.717, 1.165) is 37.5 Å². The second-order valence-electron chi connectivity index (χ2n) is 6.74. The Hall–Kier alpha value is -2.16. The fourth-order valence-corrected chi connectivity index (χ4v) is 3.28. The van der Waals surface area contributed by atoms with Crippen molar-refractivity contribution >= 4 is 29.9 Å². The fourth-order valence-electron chi connectivity index (χ4n) is 3.28. The second-order valence-corrected chi connectivity index (χ2v) is 6.74. The summed E-state index contributed by atoms with van der Waals surface area (Å²) >= 11 is 0. The molecule has 0 aliphatic rings. The van der Waals surface area contributed by atoms with E-state index in [1.807, 2.05) is 19.2 Å². The molecule has 0 spiro atoms. The van der Waals surface area contributed by atoms with Gasteiger partial charge in [-0.15, -0.1) is 24.0 Å². The van der Waals surface area contributed by atoms with Crippen LogP contribution in [0.5, 0.6) is 17.2 Å². The molecule has 7 heteroatoms. The highest BCUT2D eigenvalue weighted by molar-refractivity contribution is 14.0. The number of methoxy groups -OCH3 is 3. The zero-order valence-electron chi connectivity index (χ0n) is 18.8. The molecule has 0 unspecified atom stereocenters. The van der Waals surface area contributed by atoms with Gasteiger partial charge in [-0.05, 0) is 30.0 Å². The Balaban J connectivity index is 0.00000450. The first kappa shape index (κ1) is 25.9. The van der Waals surface area contributed by atoms with Crippen LogP contribution in [-0.4, -0.2) is 52.8 Å². The van der Waals surface area contributed by atoms with Crippen LogP contribution in [0.4, 0.5) is 0 Å². The van der Waals surface area contributed by atoms with Crippen molar-refractivity contribution in [2.24, 2.45) is 4.99 Å². The first-order valence-corrected chi connectivity index (χ1v) is 9.85. The van der Waals surface area contributed by atoms with Crippen molar-refractivity contribution in [2.45, 2.75) is 26.3 Å². The minimum atomic E-state index is 0. The summed E-state index contributed by atoms with van der Waals surface area (Å²) in [5, 5.41) is 3.43. The van der Waals surface area contributed by atoms with E-state index < -0.39 is 0 Å². The molecule has 2 aromatic carbocycles. The number of hydrogen-bond donors (Lipinski definition) is 1. The van der Waals surface area contributed by atoms with Gasteiger partial charge in [0.1, 0.15) is 0 Å². The number of nitrogens with one attached hydrogen (secondary N) is 1. The normalized spacial score (nSPS) is 10.8. The molecule has 0 heterocycles. The first-order valence-electron chi connectivity index (χ1n) is 9.85. The van der Waals surface area contributed by atoms with Crippen molar-refractivity contribution < 1.29 is 14.2 Å². The number of benzene rings is 2. The van der Waals surface area contributed by atoms with Gasteiger partial charge in [0.25, 0.3) is 0 Å². The zero-order chi connectivity index (χ0) is 21.2. The average molecular weight is 527 g/mol. The molecule has 0 bridgehead atoms. The van der Waals surface area contributed by atoms with Gasteiger partial charge in [0.05, 0.1) is 21.3 Å². The Morgan fingerprint density at radius 1 is 0.933 bits per heavy atom. The predicted octanol–water partition coefficient (Wildman–Crippen LogP) is 4.14. The molecule has 0 aliphatic heterocycles. The summed E-state index contributed by atoms with van der Waals surface area (Å²) in [6, 6.07) is 12.6. The monoisotopic (exact) mass is 527 g/mol. The highest BCUT2D eigenvalue weighted by Gasteiger charge is 2.16. The van der Waals surface area contributed by atoms with Crippen LogP contribution in [0.25, 0.3) is 0 Å². The molecule has 1 N–H and O–H groups in total. The SMILES string of the molecule is CCc1ccc(CN(C)C(=NC)NCCc2ccc(OC)c(OC)c2OC)cc1.I. The van der Waals surface area contributed by atoms with Crippen molar-refractivity contribution in [3.63, 3.8) is 0 Å². The van der Waals surface area contributed by atoms with E-state index in [1.165, 1.54) is 11.1 Å². The van der Waals surface area contributed by atoms with Crippen LogP contribution < -0.4 is 19.5 Å². The van der Waals surface area contributed by atoms with Crippen molar-refractivity contribution in [2.75, 3.05) is 42.0 Å². The lowest BCUT2D eigenvalue weighted by Gasteiger charge is -2.23. The molecular weight excluding hydrogens is 493 g/mol. The number of hydrogen-bond acceptors (Lipinski definition) is 4. The molecule has 0 aromatic heterocycles. The lowest BCUT2D eigenvalue weighted by atomic mass is 10.1. The molecular formula is C23H34IN3O3. The van der Waals surface area contributed by atoms with Crippen LogP contribution in [0.2, 0.25) is 0 Å². The van der Waals surface area contributed by atoms with Gasteiger partial charge in [-0.2, -0.15) is 0 Å². The van der Waals surface area contributed by atoms with Crippen LogP contribution in [0.3, 0.4) is 0 Å². The van der Waals surface area contributed by atoms with Crippen LogP contribution in [0.1, 0.15) is 23.6 Å². The molecule has 0 saturated carbocycles. The summed E-state index contributed by atoms with van der Waals surface area (Å²) in [5.74, 6) is 2.83. The van der Waals surface area contributed by atoms with E-state index in [9.17, 15) is 0 Å². The quantitative estimate of drug-likeness (QED) is 0.302. The fraction of sp³-hybridized carbons (Fsp3) is 0.435. The minimum absolute atomic E-state index is 0. The van der Waals surface area contributed by atoms with Crippen LogP contribution in [-0.2, 0) is 19.4 Å². The highest BCUT2D eigenvalue weighted by Crippen LogP contribution is 2.39. The zero-order valence-corrected chi connectivity index (χ0v) is 21.2. The summed E-state index contributed by atoms with van der Waals surface area (Å²) in [5.41, 5.74) is 3.66. The van der Waals surface area contributed by atoms with Crippen molar-refractivity contribution in [1.29, 1.82) is 0 Å². The molecule has 166 valence electrons. The lowest BCUT2D eigenvalue weighted by Crippen LogP contribution is -2.39. The molecule has 0 amide bonds. The average Bonchev–Trinajstić information content (AvgIpc) is 2.76. The van der Waals surface area contributed by atoms with Gasteiger partial charge in [0, 0.05) is 32.7 Å². The van der Waals surface area contributed by atoms with E-state index >= 15 is 0 Å². The maximum atomic E-state index is 5.57. The third-order valence-electron chi connectivity index (χ3n) is 4.89. The molecule has 2 rings (SSSR count).